The zero-order chi connectivity index (χ0) is 13.8. The Morgan fingerprint density at radius 2 is 2.26 bits per heavy atom. The Kier molecular flexibility index (Phi) is 4.32. The van der Waals surface area contributed by atoms with E-state index >= 15 is 0 Å². The van der Waals surface area contributed by atoms with Crippen molar-refractivity contribution in [1.29, 1.82) is 0 Å². The second kappa shape index (κ2) is 5.97. The molecule has 0 aromatic heterocycles. The SMILES string of the molecule is C=C(CNCC)CN1C(=O)CCc2cc(F)ccc21. The molecule has 0 fully saturated rings. The number of rotatable bonds is 5. The maximum absolute atomic E-state index is 13.2. The number of fused-ring (bicyclic) bond motifs is 1. The van der Waals surface area contributed by atoms with E-state index in [1.54, 1.807) is 11.0 Å². The lowest BCUT2D eigenvalue weighted by molar-refractivity contribution is -0.118. The number of hydrogen-bond acceptors (Lipinski definition) is 2. The Bertz CT molecular complexity index is 499. The van der Waals surface area contributed by atoms with Crippen molar-refractivity contribution in [1.82, 2.24) is 5.32 Å². The minimum atomic E-state index is -0.250. The summed E-state index contributed by atoms with van der Waals surface area (Å²) >= 11 is 0. The van der Waals surface area contributed by atoms with Crippen molar-refractivity contribution < 1.29 is 9.18 Å². The van der Waals surface area contributed by atoms with Crippen LogP contribution in [0.2, 0.25) is 0 Å². The van der Waals surface area contributed by atoms with Gasteiger partial charge >= 0.3 is 0 Å². The van der Waals surface area contributed by atoms with Crippen LogP contribution in [0.5, 0.6) is 0 Å². The molecule has 0 bridgehead atoms. The summed E-state index contributed by atoms with van der Waals surface area (Å²) in [6, 6.07) is 4.60. The van der Waals surface area contributed by atoms with Gasteiger partial charge in [0.2, 0.25) is 5.91 Å². The molecule has 0 aliphatic carbocycles. The Balaban J connectivity index is 2.16. The number of anilines is 1. The zero-order valence-electron chi connectivity index (χ0n) is 11.2. The van der Waals surface area contributed by atoms with Gasteiger partial charge in [-0.3, -0.25) is 4.79 Å². The number of nitrogens with zero attached hydrogens (tertiary/aromatic N) is 1. The van der Waals surface area contributed by atoms with E-state index in [1.165, 1.54) is 12.1 Å². The number of amides is 1. The van der Waals surface area contributed by atoms with E-state index in [0.29, 0.717) is 25.9 Å². The first-order chi connectivity index (χ1) is 9.11. The van der Waals surface area contributed by atoms with Crippen LogP contribution in [0.4, 0.5) is 10.1 Å². The Morgan fingerprint density at radius 1 is 1.47 bits per heavy atom. The lowest BCUT2D eigenvalue weighted by Gasteiger charge is -2.30. The predicted molar refractivity (Wildman–Crippen MR) is 74.8 cm³/mol. The third-order valence-corrected chi connectivity index (χ3v) is 3.25. The van der Waals surface area contributed by atoms with Crippen molar-refractivity contribution in [2.75, 3.05) is 24.5 Å². The maximum atomic E-state index is 13.2. The van der Waals surface area contributed by atoms with Crippen molar-refractivity contribution in [2.24, 2.45) is 0 Å². The number of likely N-dealkylation sites (N-methyl/N-ethyl adjacent to an activating group) is 1. The normalized spacial score (nSPS) is 14.4. The Hall–Kier alpha value is -1.68. The fourth-order valence-electron chi connectivity index (χ4n) is 2.28. The molecule has 0 saturated carbocycles. The van der Waals surface area contributed by atoms with E-state index in [0.717, 1.165) is 23.4 Å². The van der Waals surface area contributed by atoms with Crippen LogP contribution in [0.15, 0.2) is 30.4 Å². The van der Waals surface area contributed by atoms with E-state index in [9.17, 15) is 9.18 Å². The highest BCUT2D eigenvalue weighted by Crippen LogP contribution is 2.28. The maximum Gasteiger partial charge on any atom is 0.227 e. The molecule has 19 heavy (non-hydrogen) atoms. The highest BCUT2D eigenvalue weighted by Gasteiger charge is 2.24. The summed E-state index contributed by atoms with van der Waals surface area (Å²) in [6.07, 6.45) is 1.05. The third kappa shape index (κ3) is 3.20. The van der Waals surface area contributed by atoms with E-state index < -0.39 is 0 Å². The molecule has 4 heteroatoms. The van der Waals surface area contributed by atoms with Crippen LogP contribution in [0.25, 0.3) is 0 Å². The summed E-state index contributed by atoms with van der Waals surface area (Å²) in [5.74, 6) is -0.170. The average molecular weight is 262 g/mol. The van der Waals surface area contributed by atoms with Crippen molar-refractivity contribution in [3.63, 3.8) is 0 Å². The van der Waals surface area contributed by atoms with Gasteiger partial charge in [-0.2, -0.15) is 0 Å². The Labute approximate surface area is 113 Å². The van der Waals surface area contributed by atoms with Crippen LogP contribution in [0.1, 0.15) is 18.9 Å². The van der Waals surface area contributed by atoms with Crippen LogP contribution in [0.3, 0.4) is 0 Å². The van der Waals surface area contributed by atoms with Crippen LogP contribution < -0.4 is 10.2 Å². The average Bonchev–Trinajstić information content (AvgIpc) is 2.39. The number of carbonyl (C=O) groups is 1. The molecule has 0 radical (unpaired) electrons. The van der Waals surface area contributed by atoms with Gasteiger partial charge in [0.15, 0.2) is 0 Å². The molecule has 1 aromatic rings. The highest BCUT2D eigenvalue weighted by molar-refractivity contribution is 5.96. The van der Waals surface area contributed by atoms with Crippen LogP contribution >= 0.6 is 0 Å². The van der Waals surface area contributed by atoms with E-state index in [1.807, 2.05) is 6.92 Å². The van der Waals surface area contributed by atoms with Crippen molar-refractivity contribution in [3.05, 3.63) is 41.7 Å². The van der Waals surface area contributed by atoms with Crippen LogP contribution in [-0.4, -0.2) is 25.5 Å². The molecule has 3 nitrogen and oxygen atoms in total. The summed E-state index contributed by atoms with van der Waals surface area (Å²) < 4.78 is 13.2. The van der Waals surface area contributed by atoms with E-state index in [2.05, 4.69) is 11.9 Å². The number of aryl methyl sites for hydroxylation is 1. The van der Waals surface area contributed by atoms with Gasteiger partial charge < -0.3 is 10.2 Å². The first-order valence-corrected chi connectivity index (χ1v) is 6.58. The minimum absolute atomic E-state index is 0.0803. The topological polar surface area (TPSA) is 32.3 Å². The molecule has 0 atom stereocenters. The molecule has 102 valence electrons. The molecular formula is C15H19FN2O. The number of hydrogen-bond donors (Lipinski definition) is 1. The number of nitrogens with one attached hydrogen (secondary N) is 1. The molecule has 0 spiro atoms. The van der Waals surface area contributed by atoms with Crippen molar-refractivity contribution in [2.45, 2.75) is 19.8 Å². The summed E-state index contributed by atoms with van der Waals surface area (Å²) in [5.41, 5.74) is 2.67. The van der Waals surface area contributed by atoms with Crippen molar-refractivity contribution >= 4 is 11.6 Å². The van der Waals surface area contributed by atoms with Crippen LogP contribution in [0, 0.1) is 5.82 Å². The molecule has 1 amide bonds. The zero-order valence-corrected chi connectivity index (χ0v) is 11.2. The van der Waals surface area contributed by atoms with E-state index in [4.69, 9.17) is 0 Å². The second-order valence-corrected chi connectivity index (χ2v) is 4.78. The highest BCUT2D eigenvalue weighted by atomic mass is 19.1. The smallest absolute Gasteiger partial charge is 0.227 e. The molecule has 1 heterocycles. The summed E-state index contributed by atoms with van der Waals surface area (Å²) in [5, 5.41) is 3.19. The summed E-state index contributed by atoms with van der Waals surface area (Å²) in [7, 11) is 0. The first kappa shape index (κ1) is 13.7. The molecule has 0 unspecified atom stereocenters. The molecule has 1 aliphatic rings. The standard InChI is InChI=1S/C15H19FN2O/c1-3-17-9-11(2)10-18-14-6-5-13(16)8-12(14)4-7-15(18)19/h5-6,8,17H,2-4,7,9-10H2,1H3. The quantitative estimate of drug-likeness (QED) is 0.826. The number of benzene rings is 1. The van der Waals surface area contributed by atoms with Gasteiger partial charge in [-0.15, -0.1) is 0 Å². The fraction of sp³-hybridized carbons (Fsp3) is 0.400. The van der Waals surface area contributed by atoms with Gasteiger partial charge in [0, 0.05) is 25.2 Å². The van der Waals surface area contributed by atoms with Gasteiger partial charge in [-0.1, -0.05) is 13.5 Å². The van der Waals surface area contributed by atoms with Gasteiger partial charge in [0.25, 0.3) is 0 Å². The predicted octanol–water partition coefficient (Wildman–Crippen LogP) is 2.27. The second-order valence-electron chi connectivity index (χ2n) is 4.78. The monoisotopic (exact) mass is 262 g/mol. The third-order valence-electron chi connectivity index (χ3n) is 3.25. The molecule has 1 N–H and O–H groups in total. The molecule has 1 aromatic carbocycles. The number of carbonyl (C=O) groups excluding carboxylic acids is 1. The van der Waals surface area contributed by atoms with E-state index in [-0.39, 0.29) is 11.7 Å². The summed E-state index contributed by atoms with van der Waals surface area (Å²) in [4.78, 5) is 13.7. The minimum Gasteiger partial charge on any atom is -0.313 e. The lowest BCUT2D eigenvalue weighted by atomic mass is 10.0. The fourth-order valence-corrected chi connectivity index (χ4v) is 2.28. The summed E-state index contributed by atoms with van der Waals surface area (Å²) in [6.45, 7) is 8.06. The molecule has 0 saturated heterocycles. The largest absolute Gasteiger partial charge is 0.313 e. The molecular weight excluding hydrogens is 243 g/mol. The van der Waals surface area contributed by atoms with Gasteiger partial charge in [0.05, 0.1) is 0 Å². The number of halogens is 1. The Morgan fingerprint density at radius 3 is 3.00 bits per heavy atom. The lowest BCUT2D eigenvalue weighted by Crippen LogP contribution is -2.38. The first-order valence-electron chi connectivity index (χ1n) is 6.58. The van der Waals surface area contributed by atoms with Crippen molar-refractivity contribution in [3.8, 4) is 0 Å². The molecule has 1 aliphatic heterocycles. The van der Waals surface area contributed by atoms with Gasteiger partial charge in [0.1, 0.15) is 5.82 Å². The van der Waals surface area contributed by atoms with Crippen LogP contribution in [-0.2, 0) is 11.2 Å². The van der Waals surface area contributed by atoms with Gasteiger partial charge in [-0.05, 0) is 42.3 Å². The molecule has 2 rings (SSSR count). The van der Waals surface area contributed by atoms with Gasteiger partial charge in [-0.25, -0.2) is 4.39 Å².